The average molecular weight is 382 g/mol. The van der Waals surface area contributed by atoms with E-state index >= 15 is 0 Å². The van der Waals surface area contributed by atoms with Gasteiger partial charge in [-0.05, 0) is 37.1 Å². The molecule has 0 saturated carbocycles. The zero-order valence-corrected chi connectivity index (χ0v) is 15.9. The number of aromatic nitrogens is 2. The number of carbonyl (C=O) groups is 1. The predicted molar refractivity (Wildman–Crippen MR) is 108 cm³/mol. The number of nitrogens with one attached hydrogen (secondary N) is 1. The van der Waals surface area contributed by atoms with Gasteiger partial charge in [0.15, 0.2) is 0 Å². The topological polar surface area (TPSA) is 64.0 Å². The Kier molecular flexibility index (Phi) is 5.72. The molecule has 5 nitrogen and oxygen atoms in total. The summed E-state index contributed by atoms with van der Waals surface area (Å²) in [5.74, 6) is -0.308. The monoisotopic (exact) mass is 381 g/mol. The zero-order valence-electron chi connectivity index (χ0n) is 15.1. The van der Waals surface area contributed by atoms with Gasteiger partial charge in [0.05, 0.1) is 5.69 Å². The highest BCUT2D eigenvalue weighted by Gasteiger charge is 2.21. The van der Waals surface area contributed by atoms with Crippen molar-refractivity contribution in [3.63, 3.8) is 0 Å². The SMILES string of the molecule is CCC(C(=O)Nc1ccc(C)c(Cl)c1)n1nc(-c2ccccc2)ccc1=O. The molecule has 6 heteroatoms. The molecule has 138 valence electrons. The number of carbonyl (C=O) groups excluding carboxylic acids is 1. The van der Waals surface area contributed by atoms with E-state index in [1.165, 1.54) is 10.7 Å². The van der Waals surface area contributed by atoms with Crippen LogP contribution in [0.3, 0.4) is 0 Å². The number of hydrogen-bond acceptors (Lipinski definition) is 3. The van der Waals surface area contributed by atoms with Crippen LogP contribution in [0.15, 0.2) is 65.5 Å². The van der Waals surface area contributed by atoms with E-state index in [1.807, 2.05) is 50.2 Å². The van der Waals surface area contributed by atoms with Crippen LogP contribution in [-0.2, 0) is 4.79 Å². The van der Waals surface area contributed by atoms with Crippen molar-refractivity contribution >= 4 is 23.2 Å². The first-order valence-corrected chi connectivity index (χ1v) is 9.09. The van der Waals surface area contributed by atoms with Crippen LogP contribution in [0.25, 0.3) is 11.3 Å². The molecule has 0 radical (unpaired) electrons. The van der Waals surface area contributed by atoms with Crippen LogP contribution in [0, 0.1) is 6.92 Å². The summed E-state index contributed by atoms with van der Waals surface area (Å²) < 4.78 is 1.24. The highest BCUT2D eigenvalue weighted by Crippen LogP contribution is 2.22. The summed E-state index contributed by atoms with van der Waals surface area (Å²) in [6.07, 6.45) is 0.427. The Morgan fingerprint density at radius 3 is 2.56 bits per heavy atom. The fourth-order valence-corrected chi connectivity index (χ4v) is 2.96. The van der Waals surface area contributed by atoms with Crippen LogP contribution in [0.2, 0.25) is 5.02 Å². The van der Waals surface area contributed by atoms with Crippen molar-refractivity contribution in [2.45, 2.75) is 26.3 Å². The Morgan fingerprint density at radius 2 is 1.89 bits per heavy atom. The quantitative estimate of drug-likeness (QED) is 0.709. The lowest BCUT2D eigenvalue weighted by Crippen LogP contribution is -2.34. The molecule has 2 aromatic carbocycles. The normalized spacial score (nSPS) is 11.8. The van der Waals surface area contributed by atoms with Crippen molar-refractivity contribution < 1.29 is 4.79 Å². The van der Waals surface area contributed by atoms with Gasteiger partial charge in [-0.25, -0.2) is 4.68 Å². The second kappa shape index (κ2) is 8.18. The Labute approximate surface area is 162 Å². The second-order valence-electron chi connectivity index (χ2n) is 6.24. The molecule has 0 aliphatic rings. The lowest BCUT2D eigenvalue weighted by atomic mass is 10.1. The average Bonchev–Trinajstić information content (AvgIpc) is 2.67. The van der Waals surface area contributed by atoms with E-state index in [2.05, 4.69) is 10.4 Å². The first kappa shape index (κ1) is 18.9. The minimum Gasteiger partial charge on any atom is -0.324 e. The highest BCUT2D eigenvalue weighted by molar-refractivity contribution is 6.31. The van der Waals surface area contributed by atoms with E-state index < -0.39 is 6.04 Å². The molecule has 0 fully saturated rings. The van der Waals surface area contributed by atoms with E-state index in [1.54, 1.807) is 18.2 Å². The molecule has 0 saturated heterocycles. The first-order valence-electron chi connectivity index (χ1n) is 8.72. The van der Waals surface area contributed by atoms with Crippen LogP contribution >= 0.6 is 11.6 Å². The third kappa shape index (κ3) is 4.26. The largest absolute Gasteiger partial charge is 0.324 e. The molecule has 1 atom stereocenters. The smallest absolute Gasteiger partial charge is 0.267 e. The lowest BCUT2D eigenvalue weighted by Gasteiger charge is -2.18. The molecule has 3 aromatic rings. The van der Waals surface area contributed by atoms with Gasteiger partial charge in [-0.3, -0.25) is 9.59 Å². The van der Waals surface area contributed by atoms with Gasteiger partial charge in [-0.2, -0.15) is 5.10 Å². The predicted octanol–water partition coefficient (Wildman–Crippen LogP) is 4.46. The van der Waals surface area contributed by atoms with Crippen molar-refractivity contribution in [3.8, 4) is 11.3 Å². The maximum Gasteiger partial charge on any atom is 0.267 e. The van der Waals surface area contributed by atoms with Crippen LogP contribution < -0.4 is 10.9 Å². The number of aryl methyl sites for hydroxylation is 1. The molecule has 1 unspecified atom stereocenters. The van der Waals surface area contributed by atoms with Crippen molar-refractivity contribution in [2.24, 2.45) is 0 Å². The van der Waals surface area contributed by atoms with Crippen LogP contribution in [-0.4, -0.2) is 15.7 Å². The fraction of sp³-hybridized carbons (Fsp3) is 0.190. The minimum absolute atomic E-state index is 0.308. The van der Waals surface area contributed by atoms with Gasteiger partial charge in [0.2, 0.25) is 5.91 Å². The van der Waals surface area contributed by atoms with Gasteiger partial charge in [0.25, 0.3) is 5.56 Å². The summed E-state index contributed by atoms with van der Waals surface area (Å²) in [5.41, 5.74) is 2.71. The molecule has 0 bridgehead atoms. The Bertz CT molecular complexity index is 1020. The Hall–Kier alpha value is -2.92. The number of benzene rings is 2. The second-order valence-corrected chi connectivity index (χ2v) is 6.65. The Balaban J connectivity index is 1.91. The lowest BCUT2D eigenvalue weighted by molar-refractivity contribution is -0.119. The molecule has 0 aliphatic heterocycles. The number of anilines is 1. The number of nitrogens with zero attached hydrogens (tertiary/aromatic N) is 2. The molecule has 3 rings (SSSR count). The summed E-state index contributed by atoms with van der Waals surface area (Å²) in [7, 11) is 0. The Morgan fingerprint density at radius 1 is 1.15 bits per heavy atom. The molecule has 0 spiro atoms. The standard InChI is InChI=1S/C21H20ClN3O2/c1-3-19(21(27)23-16-10-9-14(2)17(22)13-16)25-20(26)12-11-18(24-25)15-7-5-4-6-8-15/h4-13,19H,3H2,1-2H3,(H,23,27). The van der Waals surface area contributed by atoms with Crippen LogP contribution in [0.4, 0.5) is 5.69 Å². The van der Waals surface area contributed by atoms with Crippen molar-refractivity contribution in [1.82, 2.24) is 9.78 Å². The summed E-state index contributed by atoms with van der Waals surface area (Å²) in [6, 6.07) is 17.2. The number of halogens is 1. The maximum absolute atomic E-state index is 12.8. The summed E-state index contributed by atoms with van der Waals surface area (Å²) in [6.45, 7) is 3.73. The summed E-state index contributed by atoms with van der Waals surface area (Å²) >= 11 is 6.12. The van der Waals surface area contributed by atoms with Gasteiger partial charge < -0.3 is 5.32 Å². The van der Waals surface area contributed by atoms with Crippen LogP contribution in [0.5, 0.6) is 0 Å². The first-order chi connectivity index (χ1) is 13.0. The number of rotatable bonds is 5. The van der Waals surface area contributed by atoms with Crippen LogP contribution in [0.1, 0.15) is 24.9 Å². The van der Waals surface area contributed by atoms with Crippen molar-refractivity contribution in [3.05, 3.63) is 81.6 Å². The van der Waals surface area contributed by atoms with E-state index in [4.69, 9.17) is 11.6 Å². The van der Waals surface area contributed by atoms with E-state index in [-0.39, 0.29) is 11.5 Å². The molecule has 1 amide bonds. The molecule has 1 N–H and O–H groups in total. The van der Waals surface area contributed by atoms with Crippen molar-refractivity contribution in [2.75, 3.05) is 5.32 Å². The molecule has 1 heterocycles. The summed E-state index contributed by atoms with van der Waals surface area (Å²) in [5, 5.41) is 7.82. The number of amides is 1. The molecular weight excluding hydrogens is 362 g/mol. The van der Waals surface area contributed by atoms with Gasteiger partial charge in [-0.15, -0.1) is 0 Å². The zero-order chi connectivity index (χ0) is 19.4. The molecule has 1 aromatic heterocycles. The maximum atomic E-state index is 12.8. The molecule has 0 aliphatic carbocycles. The molecular formula is C21H20ClN3O2. The fourth-order valence-electron chi connectivity index (χ4n) is 2.78. The van der Waals surface area contributed by atoms with Crippen molar-refractivity contribution in [1.29, 1.82) is 0 Å². The summed E-state index contributed by atoms with van der Waals surface area (Å²) in [4.78, 5) is 25.1. The molecule has 27 heavy (non-hydrogen) atoms. The number of hydrogen-bond donors (Lipinski definition) is 1. The minimum atomic E-state index is -0.721. The third-order valence-corrected chi connectivity index (χ3v) is 4.73. The van der Waals surface area contributed by atoms with E-state index in [0.29, 0.717) is 22.8 Å². The van der Waals surface area contributed by atoms with Gasteiger partial charge in [-0.1, -0.05) is 54.9 Å². The highest BCUT2D eigenvalue weighted by atomic mass is 35.5. The van der Waals surface area contributed by atoms with Gasteiger partial charge in [0, 0.05) is 22.3 Å². The van der Waals surface area contributed by atoms with Gasteiger partial charge in [0.1, 0.15) is 6.04 Å². The third-order valence-electron chi connectivity index (χ3n) is 4.32. The van der Waals surface area contributed by atoms with Gasteiger partial charge >= 0.3 is 0 Å². The van der Waals surface area contributed by atoms with E-state index in [9.17, 15) is 9.59 Å². The van der Waals surface area contributed by atoms with E-state index in [0.717, 1.165) is 11.1 Å².